The summed E-state index contributed by atoms with van der Waals surface area (Å²) in [6.45, 7) is 1.76. The van der Waals surface area contributed by atoms with Gasteiger partial charge in [-0.3, -0.25) is 9.59 Å². The predicted octanol–water partition coefficient (Wildman–Crippen LogP) is 3.28. The van der Waals surface area contributed by atoms with Gasteiger partial charge in [-0.05, 0) is 57.9 Å². The van der Waals surface area contributed by atoms with Crippen LogP contribution in [-0.2, 0) is 4.79 Å². The first kappa shape index (κ1) is 19.5. The lowest BCUT2D eigenvalue weighted by Gasteiger charge is -2.06. The highest BCUT2D eigenvalue weighted by molar-refractivity contribution is 9.10. The maximum Gasteiger partial charge on any atom is 0.271 e. The van der Waals surface area contributed by atoms with Gasteiger partial charge in [0.15, 0.2) is 11.5 Å². The zero-order chi connectivity index (χ0) is 19.1. The molecule has 2 amide bonds. The number of rotatable bonds is 6. The van der Waals surface area contributed by atoms with E-state index in [1.807, 2.05) is 0 Å². The van der Waals surface area contributed by atoms with Gasteiger partial charge in [-0.2, -0.15) is 5.10 Å². The number of phenols is 1. The monoisotopic (exact) mass is 419 g/mol. The Labute approximate surface area is 159 Å². The van der Waals surface area contributed by atoms with Crippen LogP contribution in [0.5, 0.6) is 11.5 Å². The van der Waals surface area contributed by atoms with Crippen molar-refractivity contribution in [3.8, 4) is 11.5 Å². The molecule has 7 nitrogen and oxygen atoms in total. The molecular formula is C18H18BrN3O4. The second kappa shape index (κ2) is 9.00. The number of hydrogen-bond donors (Lipinski definition) is 3. The molecule has 0 spiro atoms. The largest absolute Gasteiger partial charge is 0.503 e. The first-order valence-electron chi connectivity index (χ1n) is 7.74. The summed E-state index contributed by atoms with van der Waals surface area (Å²) in [7, 11) is 1.44. The number of amides is 2. The SMILES string of the molecule is CCC(=O)Nc1ccc(C(=O)N/N=C/c2cc(Br)c(O)c(OC)c2)cc1. The summed E-state index contributed by atoms with van der Waals surface area (Å²) in [4.78, 5) is 23.4. The quantitative estimate of drug-likeness (QED) is 0.493. The fraction of sp³-hybridized carbons (Fsp3) is 0.167. The number of phenolic OH excluding ortho intramolecular Hbond substituents is 1. The molecule has 0 aromatic heterocycles. The van der Waals surface area contributed by atoms with E-state index >= 15 is 0 Å². The highest BCUT2D eigenvalue weighted by atomic mass is 79.9. The summed E-state index contributed by atoms with van der Waals surface area (Å²) in [6.07, 6.45) is 1.82. The van der Waals surface area contributed by atoms with E-state index in [0.29, 0.717) is 27.7 Å². The number of ether oxygens (including phenoxy) is 1. The Morgan fingerprint density at radius 2 is 1.96 bits per heavy atom. The van der Waals surface area contributed by atoms with Crippen LogP contribution in [0.3, 0.4) is 0 Å². The lowest BCUT2D eigenvalue weighted by atomic mass is 10.2. The van der Waals surface area contributed by atoms with E-state index < -0.39 is 0 Å². The summed E-state index contributed by atoms with van der Waals surface area (Å²) in [5.74, 6) is -0.206. The van der Waals surface area contributed by atoms with Crippen molar-refractivity contribution >= 4 is 39.6 Å². The first-order chi connectivity index (χ1) is 12.4. The molecule has 136 valence electrons. The molecule has 0 atom stereocenters. The Morgan fingerprint density at radius 3 is 2.58 bits per heavy atom. The number of nitrogens with zero attached hydrogens (tertiary/aromatic N) is 1. The Hall–Kier alpha value is -2.87. The van der Waals surface area contributed by atoms with Gasteiger partial charge in [0.05, 0.1) is 17.8 Å². The molecule has 0 aliphatic heterocycles. The number of carbonyl (C=O) groups is 2. The second-order valence-electron chi connectivity index (χ2n) is 5.23. The zero-order valence-corrected chi connectivity index (χ0v) is 15.8. The third-order valence-electron chi connectivity index (χ3n) is 3.40. The van der Waals surface area contributed by atoms with Gasteiger partial charge in [0.25, 0.3) is 5.91 Å². The Morgan fingerprint density at radius 1 is 1.27 bits per heavy atom. The minimum absolute atomic E-state index is 0.0102. The first-order valence-corrected chi connectivity index (χ1v) is 8.53. The summed E-state index contributed by atoms with van der Waals surface area (Å²) in [5, 5.41) is 16.4. The van der Waals surface area contributed by atoms with Crippen LogP contribution in [-0.4, -0.2) is 30.2 Å². The van der Waals surface area contributed by atoms with E-state index in [2.05, 4.69) is 31.8 Å². The van der Waals surface area contributed by atoms with Crippen molar-refractivity contribution in [1.29, 1.82) is 0 Å². The van der Waals surface area contributed by atoms with E-state index in [0.717, 1.165) is 0 Å². The number of hydrogen-bond acceptors (Lipinski definition) is 5. The summed E-state index contributed by atoms with van der Waals surface area (Å²) >= 11 is 3.22. The van der Waals surface area contributed by atoms with Gasteiger partial charge in [-0.15, -0.1) is 0 Å². The van der Waals surface area contributed by atoms with Crippen LogP contribution in [0.4, 0.5) is 5.69 Å². The van der Waals surface area contributed by atoms with Gasteiger partial charge in [0.1, 0.15) is 0 Å². The van der Waals surface area contributed by atoms with Crippen LogP contribution in [0.25, 0.3) is 0 Å². The molecule has 3 N–H and O–H groups in total. The number of anilines is 1. The van der Waals surface area contributed by atoms with Crippen LogP contribution in [0, 0.1) is 0 Å². The van der Waals surface area contributed by atoms with Crippen LogP contribution in [0.1, 0.15) is 29.3 Å². The topological polar surface area (TPSA) is 100 Å². The minimum Gasteiger partial charge on any atom is -0.503 e. The van der Waals surface area contributed by atoms with Crippen molar-refractivity contribution in [2.24, 2.45) is 5.10 Å². The molecule has 0 aliphatic carbocycles. The minimum atomic E-state index is -0.389. The Kier molecular flexibility index (Phi) is 6.74. The average Bonchev–Trinajstić information content (AvgIpc) is 2.64. The van der Waals surface area contributed by atoms with E-state index in [1.54, 1.807) is 43.3 Å². The predicted molar refractivity (Wildman–Crippen MR) is 103 cm³/mol. The van der Waals surface area contributed by atoms with Gasteiger partial charge in [-0.25, -0.2) is 5.43 Å². The molecule has 2 rings (SSSR count). The van der Waals surface area contributed by atoms with E-state index in [-0.39, 0.29) is 23.3 Å². The van der Waals surface area contributed by atoms with Crippen LogP contribution in [0.15, 0.2) is 46.0 Å². The summed E-state index contributed by atoms with van der Waals surface area (Å²) in [6, 6.07) is 9.70. The molecule has 26 heavy (non-hydrogen) atoms. The van der Waals surface area contributed by atoms with Crippen molar-refractivity contribution in [2.75, 3.05) is 12.4 Å². The summed E-state index contributed by atoms with van der Waals surface area (Å²) in [5.41, 5.74) is 4.07. The number of aromatic hydroxyl groups is 1. The third-order valence-corrected chi connectivity index (χ3v) is 4.01. The number of benzene rings is 2. The molecule has 0 unspecified atom stereocenters. The molecule has 0 radical (unpaired) electrons. The standard InChI is InChI=1S/C18H18BrN3O4/c1-3-16(23)21-13-6-4-12(5-7-13)18(25)22-20-10-11-8-14(19)17(24)15(9-11)26-2/h4-10,24H,3H2,1-2H3,(H,21,23)(H,22,25)/b20-10+. The molecule has 2 aromatic carbocycles. The summed E-state index contributed by atoms with van der Waals surface area (Å²) < 4.78 is 5.50. The molecule has 0 saturated carbocycles. The van der Waals surface area contributed by atoms with Crippen LogP contribution < -0.4 is 15.5 Å². The number of hydrazone groups is 1. The fourth-order valence-corrected chi connectivity index (χ4v) is 2.47. The lowest BCUT2D eigenvalue weighted by Crippen LogP contribution is -2.17. The van der Waals surface area contributed by atoms with Crippen molar-refractivity contribution in [3.05, 3.63) is 52.0 Å². The zero-order valence-electron chi connectivity index (χ0n) is 14.2. The van der Waals surface area contributed by atoms with Crippen molar-refractivity contribution in [1.82, 2.24) is 5.43 Å². The number of carbonyl (C=O) groups excluding carboxylic acids is 2. The van der Waals surface area contributed by atoms with Gasteiger partial charge in [0.2, 0.25) is 5.91 Å². The van der Waals surface area contributed by atoms with Gasteiger partial charge >= 0.3 is 0 Å². The Bertz CT molecular complexity index is 835. The van der Waals surface area contributed by atoms with E-state index in [9.17, 15) is 14.7 Å². The maximum atomic E-state index is 12.1. The van der Waals surface area contributed by atoms with Gasteiger partial charge < -0.3 is 15.2 Å². The second-order valence-corrected chi connectivity index (χ2v) is 6.09. The van der Waals surface area contributed by atoms with E-state index in [4.69, 9.17) is 4.74 Å². The molecule has 0 heterocycles. The van der Waals surface area contributed by atoms with Gasteiger partial charge in [0, 0.05) is 17.7 Å². The van der Waals surface area contributed by atoms with Crippen molar-refractivity contribution in [2.45, 2.75) is 13.3 Å². The number of methoxy groups -OCH3 is 1. The molecule has 0 fully saturated rings. The molecule has 0 bridgehead atoms. The third kappa shape index (κ3) is 5.06. The van der Waals surface area contributed by atoms with Crippen molar-refractivity contribution in [3.63, 3.8) is 0 Å². The highest BCUT2D eigenvalue weighted by Crippen LogP contribution is 2.34. The maximum absolute atomic E-state index is 12.1. The fourth-order valence-electron chi connectivity index (χ4n) is 2.01. The lowest BCUT2D eigenvalue weighted by molar-refractivity contribution is -0.115. The Balaban J connectivity index is 2.01. The van der Waals surface area contributed by atoms with Crippen molar-refractivity contribution < 1.29 is 19.4 Å². The highest BCUT2D eigenvalue weighted by Gasteiger charge is 2.08. The smallest absolute Gasteiger partial charge is 0.271 e. The van der Waals surface area contributed by atoms with Crippen LogP contribution >= 0.6 is 15.9 Å². The molecular weight excluding hydrogens is 402 g/mol. The molecule has 8 heteroatoms. The van der Waals surface area contributed by atoms with E-state index in [1.165, 1.54) is 13.3 Å². The van der Waals surface area contributed by atoms with Crippen LogP contribution in [0.2, 0.25) is 0 Å². The molecule has 0 aliphatic rings. The number of halogens is 1. The number of nitrogens with one attached hydrogen (secondary N) is 2. The molecule has 2 aromatic rings. The van der Waals surface area contributed by atoms with Gasteiger partial charge in [-0.1, -0.05) is 6.92 Å². The average molecular weight is 420 g/mol. The molecule has 0 saturated heterocycles. The normalized spacial score (nSPS) is 10.6.